The van der Waals surface area contributed by atoms with Gasteiger partial charge in [0.25, 0.3) is 0 Å². The molecule has 4 nitrogen and oxygen atoms in total. The lowest BCUT2D eigenvalue weighted by atomic mass is 10.1. The minimum Gasteiger partial charge on any atom is -0.315 e. The van der Waals surface area contributed by atoms with Crippen LogP contribution >= 0.6 is 0 Å². The third kappa shape index (κ3) is 3.24. The van der Waals surface area contributed by atoms with Gasteiger partial charge in [-0.1, -0.05) is 12.1 Å². The maximum absolute atomic E-state index is 13.2. The third-order valence-electron chi connectivity index (χ3n) is 3.83. The van der Waals surface area contributed by atoms with Gasteiger partial charge < -0.3 is 10.2 Å². The van der Waals surface area contributed by atoms with Crippen molar-refractivity contribution < 1.29 is 9.18 Å². The van der Waals surface area contributed by atoms with Gasteiger partial charge >= 0.3 is 6.03 Å². The number of amides is 2. The first kappa shape index (κ1) is 14.5. The molecule has 1 N–H and O–H groups in total. The number of halogens is 1. The van der Waals surface area contributed by atoms with Gasteiger partial charge in [-0.05, 0) is 49.6 Å². The van der Waals surface area contributed by atoms with Crippen LogP contribution in [0.25, 0.3) is 0 Å². The van der Waals surface area contributed by atoms with Crippen molar-refractivity contribution in [1.29, 1.82) is 0 Å². The van der Waals surface area contributed by atoms with E-state index in [0.29, 0.717) is 5.69 Å². The summed E-state index contributed by atoms with van der Waals surface area (Å²) in [6.45, 7) is 1.99. The number of aromatic nitrogens is 1. The van der Waals surface area contributed by atoms with Crippen LogP contribution < -0.4 is 5.32 Å². The standard InChI is InChI=1S/C17H18FN3O/c1-12(13-4-3-9-19-11-13)21(16-7-8-16)17(22)20-15-6-2-5-14(18)10-15/h2-6,9-12,16H,7-8H2,1H3,(H,20,22). The third-order valence-corrected chi connectivity index (χ3v) is 3.83. The molecule has 1 aliphatic rings. The fourth-order valence-electron chi connectivity index (χ4n) is 2.55. The number of carbonyl (C=O) groups is 1. The van der Waals surface area contributed by atoms with Crippen LogP contribution in [0.15, 0.2) is 48.8 Å². The first-order chi connectivity index (χ1) is 10.6. The highest BCUT2D eigenvalue weighted by atomic mass is 19.1. The Morgan fingerprint density at radius 1 is 1.36 bits per heavy atom. The zero-order valence-electron chi connectivity index (χ0n) is 12.4. The summed E-state index contributed by atoms with van der Waals surface area (Å²) >= 11 is 0. The molecule has 1 heterocycles. The number of hydrogen-bond donors (Lipinski definition) is 1. The van der Waals surface area contributed by atoms with Crippen molar-refractivity contribution in [3.63, 3.8) is 0 Å². The minimum atomic E-state index is -0.365. The fraction of sp³-hybridized carbons (Fsp3) is 0.294. The maximum atomic E-state index is 13.2. The highest BCUT2D eigenvalue weighted by Crippen LogP contribution is 2.34. The lowest BCUT2D eigenvalue weighted by molar-refractivity contribution is 0.189. The largest absolute Gasteiger partial charge is 0.322 e. The summed E-state index contributed by atoms with van der Waals surface area (Å²) in [7, 11) is 0. The molecule has 1 saturated carbocycles. The summed E-state index contributed by atoms with van der Waals surface area (Å²) in [5.74, 6) is -0.365. The molecule has 1 aromatic carbocycles. The van der Waals surface area contributed by atoms with Gasteiger partial charge in [-0.15, -0.1) is 0 Å². The molecule has 0 bridgehead atoms. The van der Waals surface area contributed by atoms with E-state index in [9.17, 15) is 9.18 Å². The quantitative estimate of drug-likeness (QED) is 0.928. The lowest BCUT2D eigenvalue weighted by Gasteiger charge is -2.29. The average Bonchev–Trinajstić information content (AvgIpc) is 3.33. The van der Waals surface area contributed by atoms with Crippen LogP contribution in [0.4, 0.5) is 14.9 Å². The number of benzene rings is 1. The molecule has 0 saturated heterocycles. The number of nitrogens with one attached hydrogen (secondary N) is 1. The van der Waals surface area contributed by atoms with Crippen molar-refractivity contribution >= 4 is 11.7 Å². The Morgan fingerprint density at radius 3 is 2.82 bits per heavy atom. The topological polar surface area (TPSA) is 45.2 Å². The maximum Gasteiger partial charge on any atom is 0.322 e. The van der Waals surface area contributed by atoms with Gasteiger partial charge in [0.2, 0.25) is 0 Å². The van der Waals surface area contributed by atoms with E-state index in [4.69, 9.17) is 0 Å². The number of carbonyl (C=O) groups excluding carboxylic acids is 1. The van der Waals surface area contributed by atoms with Gasteiger partial charge in [0.1, 0.15) is 5.82 Å². The van der Waals surface area contributed by atoms with Crippen molar-refractivity contribution in [1.82, 2.24) is 9.88 Å². The molecule has 22 heavy (non-hydrogen) atoms. The molecule has 2 aromatic rings. The van der Waals surface area contributed by atoms with Crippen LogP contribution in [-0.2, 0) is 0 Å². The molecule has 5 heteroatoms. The molecule has 0 radical (unpaired) electrons. The van der Waals surface area contributed by atoms with E-state index >= 15 is 0 Å². The zero-order valence-corrected chi connectivity index (χ0v) is 12.4. The smallest absolute Gasteiger partial charge is 0.315 e. The summed E-state index contributed by atoms with van der Waals surface area (Å²) in [6, 6.07) is 9.72. The monoisotopic (exact) mass is 299 g/mol. The van der Waals surface area contributed by atoms with Crippen LogP contribution in [0, 0.1) is 5.82 Å². The molecule has 1 fully saturated rings. The van der Waals surface area contributed by atoms with Gasteiger partial charge in [0.05, 0.1) is 6.04 Å². The second-order valence-electron chi connectivity index (χ2n) is 5.54. The minimum absolute atomic E-state index is 0.0743. The lowest BCUT2D eigenvalue weighted by Crippen LogP contribution is -2.38. The van der Waals surface area contributed by atoms with Gasteiger partial charge in [0.15, 0.2) is 0 Å². The molecule has 1 atom stereocenters. The van der Waals surface area contributed by atoms with E-state index in [2.05, 4.69) is 10.3 Å². The van der Waals surface area contributed by atoms with Crippen LogP contribution in [0.1, 0.15) is 31.4 Å². The van der Waals surface area contributed by atoms with E-state index in [-0.39, 0.29) is 23.9 Å². The van der Waals surface area contributed by atoms with Crippen LogP contribution in [0.5, 0.6) is 0 Å². The molecular weight excluding hydrogens is 281 g/mol. The highest BCUT2D eigenvalue weighted by Gasteiger charge is 2.36. The number of urea groups is 1. The first-order valence-corrected chi connectivity index (χ1v) is 7.40. The molecule has 3 rings (SSSR count). The first-order valence-electron chi connectivity index (χ1n) is 7.40. The van der Waals surface area contributed by atoms with Crippen molar-refractivity contribution in [3.05, 3.63) is 60.2 Å². The van der Waals surface area contributed by atoms with E-state index in [1.54, 1.807) is 24.5 Å². The normalized spacial score (nSPS) is 15.2. The summed E-state index contributed by atoms with van der Waals surface area (Å²) in [5.41, 5.74) is 1.46. The van der Waals surface area contributed by atoms with Gasteiger partial charge in [-0.25, -0.2) is 9.18 Å². The summed E-state index contributed by atoms with van der Waals surface area (Å²) < 4.78 is 13.2. The van der Waals surface area contributed by atoms with Crippen molar-refractivity contribution in [2.45, 2.75) is 31.8 Å². The van der Waals surface area contributed by atoms with Crippen molar-refractivity contribution in [3.8, 4) is 0 Å². The van der Waals surface area contributed by atoms with E-state index in [1.165, 1.54) is 12.1 Å². The number of nitrogens with zero attached hydrogens (tertiary/aromatic N) is 2. The predicted molar refractivity (Wildman–Crippen MR) is 82.9 cm³/mol. The van der Waals surface area contributed by atoms with Crippen LogP contribution in [-0.4, -0.2) is 22.0 Å². The Bertz CT molecular complexity index is 658. The predicted octanol–water partition coefficient (Wildman–Crippen LogP) is 3.98. The number of hydrogen-bond acceptors (Lipinski definition) is 2. The van der Waals surface area contributed by atoms with Gasteiger partial charge in [0, 0.05) is 24.1 Å². The molecule has 1 aliphatic carbocycles. The highest BCUT2D eigenvalue weighted by molar-refractivity contribution is 5.90. The van der Waals surface area contributed by atoms with Gasteiger partial charge in [-0.2, -0.15) is 0 Å². The Morgan fingerprint density at radius 2 is 2.18 bits per heavy atom. The molecule has 0 aliphatic heterocycles. The molecule has 2 amide bonds. The fourth-order valence-corrected chi connectivity index (χ4v) is 2.55. The summed E-state index contributed by atoms with van der Waals surface area (Å²) in [4.78, 5) is 18.5. The summed E-state index contributed by atoms with van der Waals surface area (Å²) in [6.07, 6.45) is 5.49. The Balaban J connectivity index is 1.77. The van der Waals surface area contributed by atoms with Crippen molar-refractivity contribution in [2.24, 2.45) is 0 Å². The van der Waals surface area contributed by atoms with Crippen molar-refractivity contribution in [2.75, 3.05) is 5.32 Å². The molecule has 0 spiro atoms. The van der Waals surface area contributed by atoms with Crippen LogP contribution in [0.2, 0.25) is 0 Å². The van der Waals surface area contributed by atoms with Gasteiger partial charge in [-0.3, -0.25) is 4.98 Å². The van der Waals surface area contributed by atoms with E-state index in [1.807, 2.05) is 24.0 Å². The average molecular weight is 299 g/mol. The van der Waals surface area contributed by atoms with E-state index in [0.717, 1.165) is 18.4 Å². The molecule has 1 unspecified atom stereocenters. The Labute approximate surface area is 129 Å². The second kappa shape index (κ2) is 6.13. The molecule has 114 valence electrons. The number of rotatable bonds is 4. The SMILES string of the molecule is CC(c1cccnc1)N(C(=O)Nc1cccc(F)c1)C1CC1. The molecular formula is C17H18FN3O. The Kier molecular flexibility index (Phi) is 4.04. The second-order valence-corrected chi connectivity index (χ2v) is 5.54. The number of anilines is 1. The zero-order chi connectivity index (χ0) is 15.5. The van der Waals surface area contributed by atoms with E-state index < -0.39 is 0 Å². The Hall–Kier alpha value is -2.43. The summed E-state index contributed by atoms with van der Waals surface area (Å²) in [5, 5.41) is 2.78. The van der Waals surface area contributed by atoms with Crippen LogP contribution in [0.3, 0.4) is 0 Å². The number of pyridine rings is 1. The molecule has 1 aromatic heterocycles.